The van der Waals surface area contributed by atoms with Crippen LogP contribution in [-0.2, 0) is 10.0 Å². The van der Waals surface area contributed by atoms with Crippen LogP contribution in [0, 0.1) is 0 Å². The molecule has 7 nitrogen and oxygen atoms in total. The molecule has 96 valence electrons. The van der Waals surface area contributed by atoms with E-state index in [1.807, 2.05) is 0 Å². The summed E-state index contributed by atoms with van der Waals surface area (Å²) in [7, 11) is -2.27. The fourth-order valence-electron chi connectivity index (χ4n) is 1.26. The Morgan fingerprint density at radius 3 is 2.83 bits per heavy atom. The monoisotopic (exact) mass is 286 g/mol. The van der Waals surface area contributed by atoms with Crippen molar-refractivity contribution in [3.8, 4) is 5.75 Å². The molecule has 0 saturated carbocycles. The molecule has 1 aromatic carbocycles. The first-order valence-corrected chi connectivity index (χ1v) is 7.02. The number of nitrogen functional groups attached to an aromatic ring is 1. The largest absolute Gasteiger partial charge is 0.495 e. The van der Waals surface area contributed by atoms with Crippen LogP contribution < -0.4 is 15.2 Å². The first-order chi connectivity index (χ1) is 8.53. The van der Waals surface area contributed by atoms with E-state index in [4.69, 9.17) is 10.5 Å². The molecule has 1 aromatic heterocycles. The van der Waals surface area contributed by atoms with Crippen LogP contribution in [0.5, 0.6) is 5.75 Å². The summed E-state index contributed by atoms with van der Waals surface area (Å²) in [6.45, 7) is 0. The Balaban J connectivity index is 2.35. The highest BCUT2D eigenvalue weighted by molar-refractivity contribution is 7.93. The molecule has 18 heavy (non-hydrogen) atoms. The Morgan fingerprint density at radius 2 is 2.22 bits per heavy atom. The smallest absolute Gasteiger partial charge is 0.262 e. The zero-order valence-electron chi connectivity index (χ0n) is 9.32. The molecule has 0 amide bonds. The highest BCUT2D eigenvalue weighted by atomic mass is 32.2. The maximum atomic E-state index is 12.0. The van der Waals surface area contributed by atoms with Crippen molar-refractivity contribution < 1.29 is 13.2 Å². The highest BCUT2D eigenvalue weighted by Crippen LogP contribution is 2.26. The van der Waals surface area contributed by atoms with Gasteiger partial charge >= 0.3 is 0 Å². The number of sulfonamides is 1. The summed E-state index contributed by atoms with van der Waals surface area (Å²) in [5, 5.41) is 3.88. The number of ether oxygens (including phenoxy) is 1. The molecule has 0 aliphatic rings. The number of rotatable bonds is 4. The Labute approximate surface area is 108 Å². The van der Waals surface area contributed by atoms with E-state index < -0.39 is 10.0 Å². The van der Waals surface area contributed by atoms with E-state index in [0.29, 0.717) is 16.4 Å². The minimum absolute atomic E-state index is 0.0574. The molecule has 0 aliphatic heterocycles. The maximum absolute atomic E-state index is 12.0. The fraction of sp³-hybridized carbons (Fsp3) is 0.111. The van der Waals surface area contributed by atoms with E-state index in [1.165, 1.54) is 31.5 Å². The fourth-order valence-corrected chi connectivity index (χ4v) is 2.96. The first kappa shape index (κ1) is 12.6. The number of nitrogens with one attached hydrogen (secondary N) is 1. The maximum Gasteiger partial charge on any atom is 0.262 e. The number of benzene rings is 1. The average molecular weight is 286 g/mol. The normalized spacial score (nSPS) is 11.2. The van der Waals surface area contributed by atoms with Crippen LogP contribution in [-0.4, -0.2) is 25.1 Å². The van der Waals surface area contributed by atoms with E-state index in [0.717, 1.165) is 11.5 Å². The second-order valence-corrected chi connectivity index (χ2v) is 5.76. The molecule has 0 saturated heterocycles. The van der Waals surface area contributed by atoms with E-state index >= 15 is 0 Å². The summed E-state index contributed by atoms with van der Waals surface area (Å²) in [5.41, 5.74) is 5.99. The molecule has 0 radical (unpaired) electrons. The Hall–Kier alpha value is -1.87. The predicted octanol–water partition coefficient (Wildman–Crippen LogP) is 0.930. The van der Waals surface area contributed by atoms with Crippen LogP contribution in [0.1, 0.15) is 0 Å². The molecule has 2 aromatic rings. The van der Waals surface area contributed by atoms with E-state index in [-0.39, 0.29) is 4.90 Å². The summed E-state index contributed by atoms with van der Waals surface area (Å²) in [6, 6.07) is 4.22. The van der Waals surface area contributed by atoms with Crippen molar-refractivity contribution in [2.75, 3.05) is 17.6 Å². The van der Waals surface area contributed by atoms with Crippen LogP contribution in [0.15, 0.2) is 29.3 Å². The quantitative estimate of drug-likeness (QED) is 0.810. The van der Waals surface area contributed by atoms with Crippen molar-refractivity contribution in [2.24, 2.45) is 0 Å². The van der Waals surface area contributed by atoms with Gasteiger partial charge in [-0.1, -0.05) is 4.49 Å². The van der Waals surface area contributed by atoms with Gasteiger partial charge in [-0.25, -0.2) is 8.42 Å². The number of hydrogen-bond donors (Lipinski definition) is 2. The third-order valence-corrected chi connectivity index (χ3v) is 4.18. The number of aromatic nitrogens is 2. The van der Waals surface area contributed by atoms with Crippen LogP contribution in [0.25, 0.3) is 0 Å². The third-order valence-electron chi connectivity index (χ3n) is 2.11. The average Bonchev–Trinajstić information content (AvgIpc) is 2.81. The van der Waals surface area contributed by atoms with Crippen LogP contribution >= 0.6 is 11.5 Å². The summed E-state index contributed by atoms with van der Waals surface area (Å²) >= 11 is 0.950. The molecule has 0 fully saturated rings. The molecule has 0 aliphatic carbocycles. The lowest BCUT2D eigenvalue weighted by Gasteiger charge is -2.08. The highest BCUT2D eigenvalue weighted by Gasteiger charge is 2.17. The summed E-state index contributed by atoms with van der Waals surface area (Å²) in [4.78, 5) is 0.0574. The number of nitrogens with two attached hydrogens (primary N) is 1. The van der Waals surface area contributed by atoms with Gasteiger partial charge in [-0.15, -0.1) is 5.10 Å². The summed E-state index contributed by atoms with van der Waals surface area (Å²) in [5.74, 6) is 0.306. The molecule has 2 rings (SSSR count). The Morgan fingerprint density at radius 1 is 1.44 bits per heavy atom. The number of nitrogens with zero attached hydrogens (tertiary/aromatic N) is 2. The molecule has 1 heterocycles. The zero-order chi connectivity index (χ0) is 13.2. The molecule has 0 bridgehead atoms. The molecular weight excluding hydrogens is 276 g/mol. The second-order valence-electron chi connectivity index (χ2n) is 3.29. The second kappa shape index (κ2) is 4.78. The SMILES string of the molecule is COc1cc(S(=O)(=O)Nc2cnns2)ccc1N. The Bertz CT molecular complexity index is 640. The number of anilines is 2. The van der Waals surface area contributed by atoms with Gasteiger partial charge in [0.2, 0.25) is 0 Å². The minimum atomic E-state index is -3.69. The number of hydrogen-bond acceptors (Lipinski definition) is 7. The van der Waals surface area contributed by atoms with Crippen molar-refractivity contribution in [1.29, 1.82) is 0 Å². The predicted molar refractivity (Wildman–Crippen MR) is 68.1 cm³/mol. The molecule has 0 atom stereocenters. The lowest BCUT2D eigenvalue weighted by atomic mass is 10.3. The third kappa shape index (κ3) is 2.51. The topological polar surface area (TPSA) is 107 Å². The standard InChI is InChI=1S/C9H10N4O3S2/c1-16-8-4-6(2-3-7(8)10)18(14,15)12-9-5-11-13-17-9/h2-5,12H,10H2,1H3. The van der Waals surface area contributed by atoms with Gasteiger partial charge in [0.15, 0.2) is 0 Å². The lowest BCUT2D eigenvalue weighted by Crippen LogP contribution is -2.12. The Kier molecular flexibility index (Phi) is 3.34. The molecular formula is C9H10N4O3S2. The van der Waals surface area contributed by atoms with Gasteiger partial charge in [-0.05, 0) is 12.1 Å². The van der Waals surface area contributed by atoms with E-state index in [1.54, 1.807) is 0 Å². The van der Waals surface area contributed by atoms with E-state index in [2.05, 4.69) is 14.3 Å². The van der Waals surface area contributed by atoms with Gasteiger partial charge in [-0.3, -0.25) is 4.72 Å². The molecule has 3 N–H and O–H groups in total. The molecule has 9 heteroatoms. The van der Waals surface area contributed by atoms with Crippen molar-refractivity contribution >= 4 is 32.2 Å². The van der Waals surface area contributed by atoms with E-state index in [9.17, 15) is 8.42 Å². The zero-order valence-corrected chi connectivity index (χ0v) is 11.0. The summed E-state index contributed by atoms with van der Waals surface area (Å²) < 4.78 is 34.9. The van der Waals surface area contributed by atoms with Gasteiger partial charge in [0, 0.05) is 17.6 Å². The van der Waals surface area contributed by atoms with Gasteiger partial charge in [0.05, 0.1) is 23.9 Å². The van der Waals surface area contributed by atoms with Crippen molar-refractivity contribution in [3.63, 3.8) is 0 Å². The van der Waals surface area contributed by atoms with Crippen LogP contribution in [0.3, 0.4) is 0 Å². The van der Waals surface area contributed by atoms with Gasteiger partial charge in [0.25, 0.3) is 10.0 Å². The van der Waals surface area contributed by atoms with Crippen LogP contribution in [0.2, 0.25) is 0 Å². The van der Waals surface area contributed by atoms with Crippen molar-refractivity contribution in [1.82, 2.24) is 9.59 Å². The van der Waals surface area contributed by atoms with Gasteiger partial charge in [0.1, 0.15) is 10.8 Å². The summed E-state index contributed by atoms with van der Waals surface area (Å²) in [6.07, 6.45) is 1.33. The minimum Gasteiger partial charge on any atom is -0.495 e. The van der Waals surface area contributed by atoms with Crippen molar-refractivity contribution in [3.05, 3.63) is 24.4 Å². The number of methoxy groups -OCH3 is 1. The van der Waals surface area contributed by atoms with Crippen molar-refractivity contribution in [2.45, 2.75) is 4.90 Å². The lowest BCUT2D eigenvalue weighted by molar-refractivity contribution is 0.415. The van der Waals surface area contributed by atoms with Crippen LogP contribution in [0.4, 0.5) is 10.7 Å². The molecule has 0 unspecified atom stereocenters. The first-order valence-electron chi connectivity index (χ1n) is 4.76. The van der Waals surface area contributed by atoms with Gasteiger partial charge < -0.3 is 10.5 Å². The molecule has 0 spiro atoms. The van der Waals surface area contributed by atoms with Gasteiger partial charge in [-0.2, -0.15) is 0 Å².